The molecule has 0 saturated heterocycles. The topological polar surface area (TPSA) is 50.4 Å². The Morgan fingerprint density at radius 2 is 2.23 bits per heavy atom. The van der Waals surface area contributed by atoms with Crippen molar-refractivity contribution >= 4 is 39.2 Å². The van der Waals surface area contributed by atoms with Crippen LogP contribution in [0.1, 0.15) is 31.4 Å². The fourth-order valence-corrected chi connectivity index (χ4v) is 3.00. The first kappa shape index (κ1) is 16.9. The molecule has 0 radical (unpaired) electrons. The van der Waals surface area contributed by atoms with Gasteiger partial charge in [0, 0.05) is 5.70 Å². The molecule has 1 aliphatic heterocycles. The van der Waals surface area contributed by atoms with Gasteiger partial charge in [0.15, 0.2) is 5.11 Å². The number of nitrogens with one attached hydrogen (secondary N) is 2. The molecule has 2 N–H and O–H groups in total. The molecular weight excluding hydrogens is 371 g/mol. The summed E-state index contributed by atoms with van der Waals surface area (Å²) in [6, 6.07) is 4.13. The first-order chi connectivity index (χ1) is 10.5. The third-order valence-electron chi connectivity index (χ3n) is 3.34. The Labute approximate surface area is 142 Å². The van der Waals surface area contributed by atoms with Crippen LogP contribution in [-0.4, -0.2) is 18.2 Å². The minimum absolute atomic E-state index is 0.331. The van der Waals surface area contributed by atoms with Crippen molar-refractivity contribution in [2.24, 2.45) is 0 Å². The number of carbonyl (C=O) groups excluding carboxylic acids is 1. The molecule has 1 atom stereocenters. The van der Waals surface area contributed by atoms with E-state index >= 15 is 0 Å². The molecule has 1 aromatic carbocycles. The Morgan fingerprint density at radius 3 is 2.82 bits per heavy atom. The number of esters is 1. The molecule has 0 spiro atoms. The van der Waals surface area contributed by atoms with Crippen LogP contribution in [0.3, 0.4) is 0 Å². The van der Waals surface area contributed by atoms with E-state index < -0.39 is 12.0 Å². The SMILES string of the molecule is CCCC1=C(C(=O)OC)[C@H](c2ccc(F)c(Br)c2)NC(=S)N1. The van der Waals surface area contributed by atoms with Crippen LogP contribution < -0.4 is 10.6 Å². The third-order valence-corrected chi connectivity index (χ3v) is 4.16. The lowest BCUT2D eigenvalue weighted by Crippen LogP contribution is -2.45. The smallest absolute Gasteiger partial charge is 0.337 e. The summed E-state index contributed by atoms with van der Waals surface area (Å²) in [7, 11) is 1.34. The van der Waals surface area contributed by atoms with E-state index in [0.717, 1.165) is 17.7 Å². The molecule has 2 rings (SSSR count). The summed E-state index contributed by atoms with van der Waals surface area (Å²) in [5.41, 5.74) is 1.94. The molecule has 118 valence electrons. The van der Waals surface area contributed by atoms with Gasteiger partial charge in [-0.3, -0.25) is 0 Å². The zero-order chi connectivity index (χ0) is 16.3. The molecule has 0 amide bonds. The second kappa shape index (κ2) is 7.19. The molecule has 22 heavy (non-hydrogen) atoms. The fourth-order valence-electron chi connectivity index (χ4n) is 2.36. The van der Waals surface area contributed by atoms with Gasteiger partial charge in [-0.15, -0.1) is 0 Å². The highest BCUT2D eigenvalue weighted by atomic mass is 79.9. The number of benzene rings is 1. The van der Waals surface area contributed by atoms with Gasteiger partial charge in [-0.1, -0.05) is 19.4 Å². The van der Waals surface area contributed by atoms with Gasteiger partial charge in [-0.25, -0.2) is 9.18 Å². The number of carbonyl (C=O) groups is 1. The predicted molar refractivity (Wildman–Crippen MR) is 89.7 cm³/mol. The van der Waals surface area contributed by atoms with Crippen LogP contribution in [0.25, 0.3) is 0 Å². The average molecular weight is 387 g/mol. The molecule has 0 saturated carbocycles. The van der Waals surface area contributed by atoms with Crippen molar-refractivity contribution in [3.63, 3.8) is 0 Å². The second-order valence-electron chi connectivity index (χ2n) is 4.84. The van der Waals surface area contributed by atoms with E-state index in [1.807, 2.05) is 6.92 Å². The van der Waals surface area contributed by atoms with Crippen LogP contribution in [0.2, 0.25) is 0 Å². The molecule has 1 heterocycles. The maximum Gasteiger partial charge on any atom is 0.337 e. The number of hydrogen-bond acceptors (Lipinski definition) is 3. The van der Waals surface area contributed by atoms with Crippen molar-refractivity contribution in [3.05, 3.63) is 45.3 Å². The van der Waals surface area contributed by atoms with Crippen molar-refractivity contribution in [3.8, 4) is 0 Å². The predicted octanol–water partition coefficient (Wildman–Crippen LogP) is 3.33. The largest absolute Gasteiger partial charge is 0.466 e. The summed E-state index contributed by atoms with van der Waals surface area (Å²) in [6.45, 7) is 2.01. The second-order valence-corrected chi connectivity index (χ2v) is 6.10. The summed E-state index contributed by atoms with van der Waals surface area (Å²) in [5.74, 6) is -0.797. The molecule has 0 fully saturated rings. The van der Waals surface area contributed by atoms with E-state index in [4.69, 9.17) is 17.0 Å². The van der Waals surface area contributed by atoms with E-state index in [2.05, 4.69) is 26.6 Å². The highest BCUT2D eigenvalue weighted by molar-refractivity contribution is 9.10. The number of rotatable bonds is 4. The lowest BCUT2D eigenvalue weighted by molar-refractivity contribution is -0.136. The van der Waals surface area contributed by atoms with Gasteiger partial charge in [0.1, 0.15) is 5.82 Å². The number of ether oxygens (including phenoxy) is 1. The van der Waals surface area contributed by atoms with Gasteiger partial charge in [-0.2, -0.15) is 0 Å². The average Bonchev–Trinajstić information content (AvgIpc) is 2.49. The standard InChI is InChI=1S/C15H16BrFN2O2S/c1-3-4-11-12(14(20)21-2)13(19-15(22)18-11)8-5-6-10(17)9(16)7-8/h5-7,13H,3-4H2,1-2H3,(H2,18,19,22)/t13-/m0/s1. The summed E-state index contributed by atoms with van der Waals surface area (Å²) >= 11 is 8.38. The molecular formula is C15H16BrFN2O2S. The quantitative estimate of drug-likeness (QED) is 0.613. The van der Waals surface area contributed by atoms with Crippen LogP contribution in [0, 0.1) is 5.82 Å². The minimum atomic E-state index is -0.473. The molecule has 0 aliphatic carbocycles. The first-order valence-electron chi connectivity index (χ1n) is 6.81. The minimum Gasteiger partial charge on any atom is -0.466 e. The highest BCUT2D eigenvalue weighted by Gasteiger charge is 2.32. The molecule has 0 unspecified atom stereocenters. The maximum atomic E-state index is 13.5. The number of allylic oxidation sites excluding steroid dienone is 1. The molecule has 1 aromatic rings. The highest BCUT2D eigenvalue weighted by Crippen LogP contribution is 2.31. The summed E-state index contributed by atoms with van der Waals surface area (Å²) in [4.78, 5) is 12.2. The van der Waals surface area contributed by atoms with Crippen LogP contribution in [0.4, 0.5) is 4.39 Å². The van der Waals surface area contributed by atoms with E-state index in [1.54, 1.807) is 12.1 Å². The van der Waals surface area contributed by atoms with E-state index in [9.17, 15) is 9.18 Å². The Bertz CT molecular complexity index is 648. The van der Waals surface area contributed by atoms with Crippen LogP contribution >= 0.6 is 28.1 Å². The van der Waals surface area contributed by atoms with Crippen molar-refractivity contribution < 1.29 is 13.9 Å². The zero-order valence-electron chi connectivity index (χ0n) is 12.2. The molecule has 4 nitrogen and oxygen atoms in total. The Balaban J connectivity index is 2.53. The summed E-state index contributed by atoms with van der Waals surface area (Å²) < 4.78 is 18.7. The first-order valence-corrected chi connectivity index (χ1v) is 8.01. The van der Waals surface area contributed by atoms with Gasteiger partial charge in [0.05, 0.1) is 23.2 Å². The van der Waals surface area contributed by atoms with Crippen molar-refractivity contribution in [1.29, 1.82) is 0 Å². The third kappa shape index (κ3) is 3.47. The van der Waals surface area contributed by atoms with E-state index in [1.165, 1.54) is 13.2 Å². The lowest BCUT2D eigenvalue weighted by Gasteiger charge is -2.31. The van der Waals surface area contributed by atoms with Gasteiger partial charge in [-0.05, 0) is 52.3 Å². The maximum absolute atomic E-state index is 13.5. The zero-order valence-corrected chi connectivity index (χ0v) is 14.6. The Hall–Kier alpha value is -1.47. The van der Waals surface area contributed by atoms with E-state index in [-0.39, 0.29) is 5.82 Å². The number of thiocarbonyl (C=S) groups is 1. The number of halogens is 2. The molecule has 0 aromatic heterocycles. The Morgan fingerprint density at radius 1 is 1.50 bits per heavy atom. The molecule has 7 heteroatoms. The molecule has 1 aliphatic rings. The van der Waals surface area contributed by atoms with Crippen molar-refractivity contribution in [1.82, 2.24) is 10.6 Å². The summed E-state index contributed by atoms with van der Waals surface area (Å²) in [5, 5.41) is 6.51. The number of hydrogen-bond donors (Lipinski definition) is 2. The van der Waals surface area contributed by atoms with Gasteiger partial charge >= 0.3 is 5.97 Å². The van der Waals surface area contributed by atoms with Gasteiger partial charge < -0.3 is 15.4 Å². The molecule has 0 bridgehead atoms. The Kier molecular flexibility index (Phi) is 5.52. The van der Waals surface area contributed by atoms with E-state index in [0.29, 0.717) is 21.6 Å². The number of methoxy groups -OCH3 is 1. The van der Waals surface area contributed by atoms with Crippen LogP contribution in [0.5, 0.6) is 0 Å². The van der Waals surface area contributed by atoms with Gasteiger partial charge in [0.2, 0.25) is 0 Å². The normalized spacial score (nSPS) is 17.8. The van der Waals surface area contributed by atoms with Crippen LogP contribution in [-0.2, 0) is 9.53 Å². The fraction of sp³-hybridized carbons (Fsp3) is 0.333. The monoisotopic (exact) mass is 386 g/mol. The summed E-state index contributed by atoms with van der Waals surface area (Å²) in [6.07, 6.45) is 1.52. The van der Waals surface area contributed by atoms with Crippen LogP contribution in [0.15, 0.2) is 33.9 Å². The van der Waals surface area contributed by atoms with Gasteiger partial charge in [0.25, 0.3) is 0 Å². The van der Waals surface area contributed by atoms with Crippen molar-refractivity contribution in [2.75, 3.05) is 7.11 Å². The lowest BCUT2D eigenvalue weighted by atomic mass is 9.94. The van der Waals surface area contributed by atoms with Crippen molar-refractivity contribution in [2.45, 2.75) is 25.8 Å².